The van der Waals surface area contributed by atoms with Gasteiger partial charge in [0, 0.05) is 24.5 Å². The van der Waals surface area contributed by atoms with Gasteiger partial charge in [0.2, 0.25) is 0 Å². The lowest BCUT2D eigenvalue weighted by Gasteiger charge is -2.09. The minimum atomic E-state index is -1.12. The van der Waals surface area contributed by atoms with E-state index in [9.17, 15) is 14.7 Å². The van der Waals surface area contributed by atoms with E-state index in [1.165, 1.54) is 15.4 Å². The molecule has 3 heterocycles. The van der Waals surface area contributed by atoms with Crippen LogP contribution in [-0.2, 0) is 0 Å². The number of fused-ring (bicyclic) bond motifs is 2. The Morgan fingerprint density at radius 3 is 2.72 bits per heavy atom. The molecule has 29 heavy (non-hydrogen) atoms. The summed E-state index contributed by atoms with van der Waals surface area (Å²) < 4.78 is 2.91. The molecule has 0 aliphatic heterocycles. The molecular weight excluding hydrogens is 374 g/mol. The molecule has 0 spiro atoms. The summed E-state index contributed by atoms with van der Waals surface area (Å²) in [5, 5.41) is 24.8. The lowest BCUT2D eigenvalue weighted by atomic mass is 10.2. The van der Waals surface area contributed by atoms with Crippen LogP contribution in [0.2, 0.25) is 0 Å². The Bertz CT molecular complexity index is 1290. The fraction of sp³-hybridized carbons (Fsp3) is 0.211. The van der Waals surface area contributed by atoms with Crippen LogP contribution in [0.25, 0.3) is 22.4 Å². The Kier molecular flexibility index (Phi) is 3.73. The fourth-order valence-corrected chi connectivity index (χ4v) is 3.28. The first kappa shape index (κ1) is 17.2. The van der Waals surface area contributed by atoms with Crippen molar-refractivity contribution in [2.45, 2.75) is 18.9 Å². The van der Waals surface area contributed by atoms with Crippen molar-refractivity contribution in [2.75, 3.05) is 12.4 Å². The number of carboxylic acid groups (broad SMARTS) is 1. The van der Waals surface area contributed by atoms with Gasteiger partial charge in [-0.05, 0) is 18.9 Å². The number of nitrogens with zero attached hydrogens (tertiary/aromatic N) is 5. The second-order valence-corrected chi connectivity index (χ2v) is 6.88. The number of carbonyl (C=O) groups excluding carboxylic acids is 1. The standard InChI is InChI=1S/C19H17N7O3/c1-20-12-8-15(25-13-5-3-2-4-11(13)16(24-25)19(28)29)23-26-14(9-21-17(12)26)18(27)22-10-6-7-10/h2-5,8-10,20H,6-7H2,1H3,(H,22,27)(H,28,29). The number of benzene rings is 1. The van der Waals surface area contributed by atoms with Crippen LogP contribution in [0.3, 0.4) is 0 Å². The molecule has 0 atom stereocenters. The average molecular weight is 391 g/mol. The third kappa shape index (κ3) is 2.76. The van der Waals surface area contributed by atoms with Crippen molar-refractivity contribution in [1.82, 2.24) is 29.7 Å². The highest BCUT2D eigenvalue weighted by Crippen LogP contribution is 2.25. The zero-order valence-electron chi connectivity index (χ0n) is 15.5. The number of aromatic nitrogens is 5. The van der Waals surface area contributed by atoms with E-state index in [0.29, 0.717) is 33.7 Å². The summed E-state index contributed by atoms with van der Waals surface area (Å²) >= 11 is 0. The number of aromatic carboxylic acids is 1. The molecule has 146 valence electrons. The average Bonchev–Trinajstić information content (AvgIpc) is 3.28. The van der Waals surface area contributed by atoms with Crippen molar-refractivity contribution in [2.24, 2.45) is 0 Å². The van der Waals surface area contributed by atoms with Crippen LogP contribution in [0.4, 0.5) is 5.69 Å². The Hall–Kier alpha value is -3.95. The second kappa shape index (κ2) is 6.30. The molecule has 0 radical (unpaired) electrons. The number of imidazole rings is 1. The van der Waals surface area contributed by atoms with E-state index >= 15 is 0 Å². The Morgan fingerprint density at radius 2 is 2.00 bits per heavy atom. The molecular formula is C19H17N7O3. The van der Waals surface area contributed by atoms with Gasteiger partial charge in [-0.1, -0.05) is 18.2 Å². The van der Waals surface area contributed by atoms with Crippen molar-refractivity contribution in [3.05, 3.63) is 47.9 Å². The summed E-state index contributed by atoms with van der Waals surface area (Å²) in [7, 11) is 1.74. The van der Waals surface area contributed by atoms with Crippen LogP contribution >= 0.6 is 0 Å². The quantitative estimate of drug-likeness (QED) is 0.473. The molecule has 0 unspecified atom stereocenters. The first-order chi connectivity index (χ1) is 14.1. The van der Waals surface area contributed by atoms with Gasteiger partial charge in [-0.25, -0.2) is 19.0 Å². The maximum Gasteiger partial charge on any atom is 0.357 e. The van der Waals surface area contributed by atoms with Crippen LogP contribution in [0.5, 0.6) is 0 Å². The number of carbonyl (C=O) groups is 2. The Morgan fingerprint density at radius 1 is 1.21 bits per heavy atom. The number of hydrogen-bond acceptors (Lipinski definition) is 6. The number of amides is 1. The summed E-state index contributed by atoms with van der Waals surface area (Å²) in [6, 6.07) is 8.95. The monoisotopic (exact) mass is 391 g/mol. The van der Waals surface area contributed by atoms with Crippen LogP contribution in [0.15, 0.2) is 36.5 Å². The van der Waals surface area contributed by atoms with Crippen LogP contribution in [0, 0.1) is 0 Å². The highest BCUT2D eigenvalue weighted by molar-refractivity contribution is 6.01. The summed E-state index contributed by atoms with van der Waals surface area (Å²) in [5.41, 5.74) is 1.97. The molecule has 1 aliphatic carbocycles. The lowest BCUT2D eigenvalue weighted by Crippen LogP contribution is -2.27. The van der Waals surface area contributed by atoms with Gasteiger partial charge >= 0.3 is 5.97 Å². The molecule has 3 N–H and O–H groups in total. The first-order valence-electron chi connectivity index (χ1n) is 9.15. The van der Waals surface area contributed by atoms with Crippen LogP contribution in [0.1, 0.15) is 33.8 Å². The molecule has 4 aromatic rings. The number of hydrogen-bond donors (Lipinski definition) is 3. The van der Waals surface area contributed by atoms with Crippen LogP contribution in [-0.4, -0.2) is 54.5 Å². The summed E-state index contributed by atoms with van der Waals surface area (Å²) in [5.74, 6) is -1.01. The third-order valence-electron chi connectivity index (χ3n) is 4.88. The van der Waals surface area contributed by atoms with E-state index in [0.717, 1.165) is 12.8 Å². The van der Waals surface area contributed by atoms with E-state index < -0.39 is 5.97 Å². The maximum atomic E-state index is 12.6. The van der Waals surface area contributed by atoms with E-state index in [1.54, 1.807) is 37.4 Å². The number of anilines is 1. The molecule has 10 nitrogen and oxygen atoms in total. The normalized spacial score (nSPS) is 13.7. The van der Waals surface area contributed by atoms with E-state index in [2.05, 4.69) is 25.8 Å². The number of carboxylic acids is 1. The summed E-state index contributed by atoms with van der Waals surface area (Å²) in [6.45, 7) is 0. The molecule has 1 amide bonds. The summed E-state index contributed by atoms with van der Waals surface area (Å²) in [6.07, 6.45) is 3.43. The van der Waals surface area contributed by atoms with Crippen molar-refractivity contribution in [1.29, 1.82) is 0 Å². The Labute approximate surface area is 164 Å². The van der Waals surface area contributed by atoms with Gasteiger partial charge in [-0.3, -0.25) is 4.79 Å². The number of para-hydroxylation sites is 1. The SMILES string of the molecule is CNc1cc(-n2nc(C(=O)O)c3ccccc32)nn2c(C(=O)NC3CC3)cnc12. The summed E-state index contributed by atoms with van der Waals surface area (Å²) in [4.78, 5) is 28.5. The third-order valence-corrected chi connectivity index (χ3v) is 4.88. The predicted molar refractivity (Wildman–Crippen MR) is 105 cm³/mol. The zero-order chi connectivity index (χ0) is 20.1. The minimum absolute atomic E-state index is 0.0640. The topological polar surface area (TPSA) is 126 Å². The van der Waals surface area contributed by atoms with Gasteiger partial charge < -0.3 is 15.7 Å². The molecule has 0 saturated heterocycles. The lowest BCUT2D eigenvalue weighted by molar-refractivity contribution is 0.0691. The van der Waals surface area contributed by atoms with Gasteiger partial charge in [0.25, 0.3) is 5.91 Å². The van der Waals surface area contributed by atoms with Gasteiger partial charge in [-0.2, -0.15) is 5.10 Å². The molecule has 1 aliphatic rings. The molecule has 1 saturated carbocycles. The fourth-order valence-electron chi connectivity index (χ4n) is 3.28. The largest absolute Gasteiger partial charge is 0.476 e. The highest BCUT2D eigenvalue weighted by Gasteiger charge is 2.26. The van der Waals surface area contributed by atoms with E-state index in [-0.39, 0.29) is 17.6 Å². The molecule has 10 heteroatoms. The van der Waals surface area contributed by atoms with Crippen molar-refractivity contribution >= 4 is 34.1 Å². The maximum absolute atomic E-state index is 12.6. The van der Waals surface area contributed by atoms with Crippen molar-refractivity contribution in [3.8, 4) is 5.82 Å². The predicted octanol–water partition coefficient (Wildman–Crippen LogP) is 1.70. The van der Waals surface area contributed by atoms with Gasteiger partial charge in [0.1, 0.15) is 0 Å². The van der Waals surface area contributed by atoms with Gasteiger partial charge in [0.15, 0.2) is 22.9 Å². The molecule has 1 fully saturated rings. The minimum Gasteiger partial charge on any atom is -0.476 e. The van der Waals surface area contributed by atoms with Crippen LogP contribution < -0.4 is 10.6 Å². The smallest absolute Gasteiger partial charge is 0.357 e. The Balaban J connectivity index is 1.72. The number of nitrogens with one attached hydrogen (secondary N) is 2. The molecule has 5 rings (SSSR count). The van der Waals surface area contributed by atoms with E-state index in [1.807, 2.05) is 0 Å². The molecule has 1 aromatic carbocycles. The first-order valence-corrected chi connectivity index (χ1v) is 9.15. The zero-order valence-corrected chi connectivity index (χ0v) is 15.5. The second-order valence-electron chi connectivity index (χ2n) is 6.88. The number of rotatable bonds is 5. The highest BCUT2D eigenvalue weighted by atomic mass is 16.4. The molecule has 3 aromatic heterocycles. The van der Waals surface area contributed by atoms with Crippen molar-refractivity contribution < 1.29 is 14.7 Å². The van der Waals surface area contributed by atoms with E-state index in [4.69, 9.17) is 0 Å². The van der Waals surface area contributed by atoms with Gasteiger partial charge in [-0.15, -0.1) is 5.10 Å². The van der Waals surface area contributed by atoms with Crippen molar-refractivity contribution in [3.63, 3.8) is 0 Å². The van der Waals surface area contributed by atoms with Gasteiger partial charge in [0.05, 0.1) is 17.4 Å². The molecule has 0 bridgehead atoms.